The van der Waals surface area contributed by atoms with Gasteiger partial charge in [0.25, 0.3) is 0 Å². The summed E-state index contributed by atoms with van der Waals surface area (Å²) in [5.74, 6) is -0.268. The van der Waals surface area contributed by atoms with E-state index in [1.807, 2.05) is 39.8 Å². The number of ether oxygens (including phenoxy) is 2. The molecule has 1 aromatic carbocycles. The van der Waals surface area contributed by atoms with Gasteiger partial charge in [0.15, 0.2) is 0 Å². The van der Waals surface area contributed by atoms with Crippen LogP contribution < -0.4 is 10.6 Å². The Morgan fingerprint density at radius 3 is 2.26 bits per heavy atom. The highest BCUT2D eigenvalue weighted by atomic mass is 16.6. The highest BCUT2D eigenvalue weighted by Crippen LogP contribution is 2.13. The number of methoxy groups -OCH3 is 1. The molecule has 0 saturated heterocycles. The molecule has 0 aliphatic heterocycles. The number of esters is 1. The molecule has 0 fully saturated rings. The van der Waals surface area contributed by atoms with E-state index in [0.717, 1.165) is 5.56 Å². The van der Waals surface area contributed by atoms with Gasteiger partial charge in [-0.25, -0.2) is 4.79 Å². The van der Waals surface area contributed by atoms with Gasteiger partial charge in [0, 0.05) is 12.2 Å². The molecule has 1 amide bonds. The van der Waals surface area contributed by atoms with E-state index in [9.17, 15) is 9.59 Å². The minimum atomic E-state index is -0.531. The van der Waals surface area contributed by atoms with E-state index in [1.165, 1.54) is 7.11 Å². The maximum atomic E-state index is 11.7. The third-order valence-corrected chi connectivity index (χ3v) is 3.05. The van der Waals surface area contributed by atoms with E-state index in [2.05, 4.69) is 10.6 Å². The van der Waals surface area contributed by atoms with Crippen molar-refractivity contribution in [1.29, 1.82) is 0 Å². The maximum absolute atomic E-state index is 11.7. The first kappa shape index (κ1) is 19.0. The fraction of sp³-hybridized carbons (Fsp3) is 0.529. The Kier molecular flexibility index (Phi) is 7.03. The van der Waals surface area contributed by atoms with Crippen molar-refractivity contribution in [2.45, 2.75) is 52.3 Å². The molecule has 2 N–H and O–H groups in total. The van der Waals surface area contributed by atoms with Crippen molar-refractivity contribution in [1.82, 2.24) is 5.32 Å². The molecule has 0 spiro atoms. The van der Waals surface area contributed by atoms with Crippen LogP contribution in [0.25, 0.3) is 0 Å². The van der Waals surface area contributed by atoms with E-state index in [1.54, 1.807) is 12.1 Å². The molecule has 0 saturated carbocycles. The van der Waals surface area contributed by atoms with Gasteiger partial charge in [0.05, 0.1) is 7.11 Å². The summed E-state index contributed by atoms with van der Waals surface area (Å²) < 4.78 is 9.92. The van der Waals surface area contributed by atoms with E-state index in [-0.39, 0.29) is 12.0 Å². The van der Waals surface area contributed by atoms with Crippen LogP contribution in [0.1, 0.15) is 39.7 Å². The molecule has 1 rings (SSSR count). The molecule has 0 heterocycles. The molecule has 0 aromatic heterocycles. The SMILES string of the molecule is CCC(NCc1ccc(NC(=O)OC(C)(C)C)cc1)C(=O)OC. The lowest BCUT2D eigenvalue weighted by Gasteiger charge is -2.19. The number of benzene rings is 1. The Bertz CT molecular complexity index is 520. The van der Waals surface area contributed by atoms with Crippen molar-refractivity contribution in [2.75, 3.05) is 12.4 Å². The predicted octanol–water partition coefficient (Wildman–Crippen LogP) is 3.07. The molecule has 0 radical (unpaired) electrons. The molecular weight excluding hydrogens is 296 g/mol. The lowest BCUT2D eigenvalue weighted by molar-refractivity contribution is -0.143. The van der Waals surface area contributed by atoms with E-state index in [4.69, 9.17) is 9.47 Å². The summed E-state index contributed by atoms with van der Waals surface area (Å²) in [4.78, 5) is 23.2. The van der Waals surface area contributed by atoms with Gasteiger partial charge in [-0.2, -0.15) is 0 Å². The molecule has 6 nitrogen and oxygen atoms in total. The van der Waals surface area contributed by atoms with Crippen molar-refractivity contribution in [3.8, 4) is 0 Å². The fourth-order valence-corrected chi connectivity index (χ4v) is 1.91. The predicted molar refractivity (Wildman–Crippen MR) is 89.2 cm³/mol. The lowest BCUT2D eigenvalue weighted by atomic mass is 10.1. The van der Waals surface area contributed by atoms with E-state index in [0.29, 0.717) is 18.7 Å². The monoisotopic (exact) mass is 322 g/mol. The molecule has 6 heteroatoms. The molecular formula is C17H26N2O4. The van der Waals surface area contributed by atoms with Crippen molar-refractivity contribution in [3.63, 3.8) is 0 Å². The Morgan fingerprint density at radius 2 is 1.78 bits per heavy atom. The van der Waals surface area contributed by atoms with Crippen LogP contribution in [0.2, 0.25) is 0 Å². The van der Waals surface area contributed by atoms with Gasteiger partial charge < -0.3 is 14.8 Å². The highest BCUT2D eigenvalue weighted by molar-refractivity contribution is 5.84. The van der Waals surface area contributed by atoms with Crippen LogP contribution in [0.3, 0.4) is 0 Å². The maximum Gasteiger partial charge on any atom is 0.412 e. The topological polar surface area (TPSA) is 76.7 Å². The van der Waals surface area contributed by atoms with Crippen molar-refractivity contribution < 1.29 is 19.1 Å². The first-order chi connectivity index (χ1) is 10.7. The van der Waals surface area contributed by atoms with Crippen molar-refractivity contribution in [2.24, 2.45) is 0 Å². The summed E-state index contributed by atoms with van der Waals surface area (Å²) in [5.41, 5.74) is 1.13. The average Bonchev–Trinajstić information content (AvgIpc) is 2.47. The highest BCUT2D eigenvalue weighted by Gasteiger charge is 2.17. The first-order valence-corrected chi connectivity index (χ1v) is 7.65. The second kappa shape index (κ2) is 8.53. The average molecular weight is 322 g/mol. The molecule has 1 atom stereocenters. The second-order valence-electron chi connectivity index (χ2n) is 6.19. The standard InChI is InChI=1S/C17H26N2O4/c1-6-14(15(20)22-5)18-11-12-7-9-13(10-8-12)19-16(21)23-17(2,3)4/h7-10,14,18H,6,11H2,1-5H3,(H,19,21). The second-order valence-corrected chi connectivity index (χ2v) is 6.19. The van der Waals surface area contributed by atoms with Crippen LogP contribution in [0.5, 0.6) is 0 Å². The molecule has 23 heavy (non-hydrogen) atoms. The number of hydrogen-bond acceptors (Lipinski definition) is 5. The van der Waals surface area contributed by atoms with Gasteiger partial charge in [-0.3, -0.25) is 10.1 Å². The minimum absolute atomic E-state index is 0.268. The van der Waals surface area contributed by atoms with Gasteiger partial charge in [0.2, 0.25) is 0 Å². The summed E-state index contributed by atoms with van der Waals surface area (Å²) in [7, 11) is 1.38. The third-order valence-electron chi connectivity index (χ3n) is 3.05. The number of carbonyl (C=O) groups is 2. The molecule has 1 aromatic rings. The number of rotatable bonds is 6. The van der Waals surface area contributed by atoms with Crippen molar-refractivity contribution >= 4 is 17.7 Å². The summed E-state index contributed by atoms with van der Waals surface area (Å²) in [5, 5.41) is 5.81. The largest absolute Gasteiger partial charge is 0.468 e. The Labute approximate surface area is 137 Å². The van der Waals surface area contributed by atoms with Crippen LogP contribution in [-0.4, -0.2) is 30.8 Å². The molecule has 1 unspecified atom stereocenters. The van der Waals surface area contributed by atoms with Crippen molar-refractivity contribution in [3.05, 3.63) is 29.8 Å². The quantitative estimate of drug-likeness (QED) is 0.787. The van der Waals surface area contributed by atoms with Crippen LogP contribution in [-0.2, 0) is 20.8 Å². The molecule has 128 valence electrons. The Morgan fingerprint density at radius 1 is 1.17 bits per heavy atom. The summed E-state index contributed by atoms with van der Waals surface area (Å²) in [6.45, 7) is 7.90. The minimum Gasteiger partial charge on any atom is -0.468 e. The van der Waals surface area contributed by atoms with Gasteiger partial charge in [-0.1, -0.05) is 19.1 Å². The number of hydrogen-bond donors (Lipinski definition) is 2. The van der Waals surface area contributed by atoms with E-state index < -0.39 is 11.7 Å². The Balaban J connectivity index is 2.53. The zero-order chi connectivity index (χ0) is 17.5. The Hall–Kier alpha value is -2.08. The van der Waals surface area contributed by atoms with Crippen LogP contribution in [0.4, 0.5) is 10.5 Å². The fourth-order valence-electron chi connectivity index (χ4n) is 1.91. The van der Waals surface area contributed by atoms with Gasteiger partial charge >= 0.3 is 12.1 Å². The van der Waals surface area contributed by atoms with Crippen LogP contribution in [0.15, 0.2) is 24.3 Å². The third kappa shape index (κ3) is 7.15. The normalized spacial score (nSPS) is 12.4. The molecule has 0 bridgehead atoms. The molecule has 0 aliphatic rings. The van der Waals surface area contributed by atoms with E-state index >= 15 is 0 Å². The summed E-state index contributed by atoms with van der Waals surface area (Å²) in [6, 6.07) is 7.02. The van der Waals surface area contributed by atoms with Gasteiger partial charge in [-0.05, 0) is 44.9 Å². The number of amides is 1. The van der Waals surface area contributed by atoms with Crippen LogP contribution >= 0.6 is 0 Å². The number of nitrogens with one attached hydrogen (secondary N) is 2. The molecule has 0 aliphatic carbocycles. The summed E-state index contributed by atoms with van der Waals surface area (Å²) in [6.07, 6.45) is 0.172. The van der Waals surface area contributed by atoms with Gasteiger partial charge in [-0.15, -0.1) is 0 Å². The zero-order valence-corrected chi connectivity index (χ0v) is 14.4. The smallest absolute Gasteiger partial charge is 0.412 e. The zero-order valence-electron chi connectivity index (χ0n) is 14.4. The first-order valence-electron chi connectivity index (χ1n) is 7.65. The number of carbonyl (C=O) groups excluding carboxylic acids is 2. The van der Waals surface area contributed by atoms with Gasteiger partial charge in [0.1, 0.15) is 11.6 Å². The van der Waals surface area contributed by atoms with Crippen LogP contribution in [0, 0.1) is 0 Å². The lowest BCUT2D eigenvalue weighted by Crippen LogP contribution is -2.36. The number of anilines is 1. The summed E-state index contributed by atoms with van der Waals surface area (Å²) >= 11 is 0.